The molecule has 2 aromatic carbocycles. The molecule has 0 saturated heterocycles. The van der Waals surface area contributed by atoms with Crippen molar-refractivity contribution in [1.29, 1.82) is 0 Å². The first kappa shape index (κ1) is 17.8. The van der Waals surface area contributed by atoms with Gasteiger partial charge in [-0.3, -0.25) is 10.1 Å². The monoisotopic (exact) mass is 368 g/mol. The fourth-order valence-corrected chi connectivity index (χ4v) is 2.25. The van der Waals surface area contributed by atoms with E-state index in [1.165, 1.54) is 18.2 Å². The highest BCUT2D eigenvalue weighted by Gasteiger charge is 2.12. The number of imidazole rings is 1. The van der Waals surface area contributed by atoms with Crippen LogP contribution in [-0.4, -0.2) is 21.5 Å². The highest BCUT2D eigenvalue weighted by Crippen LogP contribution is 2.28. The lowest BCUT2D eigenvalue weighted by Gasteiger charge is -1.96. The molecule has 126 valence electrons. The first-order chi connectivity index (χ1) is 11.4. The number of hydrogen-bond acceptors (Lipinski definition) is 5. The van der Waals surface area contributed by atoms with Crippen LogP contribution in [0.5, 0.6) is 6.01 Å². The summed E-state index contributed by atoms with van der Waals surface area (Å²) in [7, 11) is 0. The topological polar surface area (TPSA) is 107 Å². The van der Waals surface area contributed by atoms with Gasteiger partial charge in [-0.2, -0.15) is 4.98 Å². The number of nitrogens with two attached hydrogens (primary N) is 1. The summed E-state index contributed by atoms with van der Waals surface area (Å²) >= 11 is 11.5. The van der Waals surface area contributed by atoms with Crippen LogP contribution in [-0.2, 0) is 0 Å². The summed E-state index contributed by atoms with van der Waals surface area (Å²) in [6, 6.07) is 10.4. The Morgan fingerprint density at radius 2 is 1.92 bits per heavy atom. The largest absolute Gasteiger partial charge is 0.465 e. The van der Waals surface area contributed by atoms with Crippen molar-refractivity contribution >= 4 is 45.6 Å². The van der Waals surface area contributed by atoms with E-state index in [9.17, 15) is 10.1 Å². The third kappa shape index (κ3) is 4.06. The van der Waals surface area contributed by atoms with Gasteiger partial charge in [0, 0.05) is 6.07 Å². The van der Waals surface area contributed by atoms with Gasteiger partial charge in [-0.1, -0.05) is 35.3 Å². The Balaban J connectivity index is 0.000000177. The van der Waals surface area contributed by atoms with Crippen LogP contribution in [0.2, 0.25) is 10.0 Å². The maximum atomic E-state index is 10.2. The summed E-state index contributed by atoms with van der Waals surface area (Å²) in [4.78, 5) is 16.9. The van der Waals surface area contributed by atoms with Crippen LogP contribution in [0.15, 0.2) is 36.4 Å². The number of nitro benzene ring substituents is 1. The van der Waals surface area contributed by atoms with Crippen LogP contribution in [0.25, 0.3) is 11.0 Å². The molecule has 3 aromatic rings. The van der Waals surface area contributed by atoms with Gasteiger partial charge < -0.3 is 15.5 Å². The molecule has 0 unspecified atom stereocenters. The molecule has 0 spiro atoms. The first-order valence-corrected chi connectivity index (χ1v) is 7.65. The number of aromatic amines is 1. The highest BCUT2D eigenvalue weighted by atomic mass is 35.5. The Morgan fingerprint density at radius 1 is 1.25 bits per heavy atom. The maximum Gasteiger partial charge on any atom is 0.294 e. The second kappa shape index (κ2) is 7.85. The van der Waals surface area contributed by atoms with Gasteiger partial charge in [0.15, 0.2) is 0 Å². The Bertz CT molecular complexity index is 867. The molecule has 0 fully saturated rings. The van der Waals surface area contributed by atoms with E-state index < -0.39 is 4.92 Å². The van der Waals surface area contributed by atoms with Gasteiger partial charge in [-0.15, -0.1) is 0 Å². The zero-order chi connectivity index (χ0) is 17.7. The molecule has 3 rings (SSSR count). The van der Waals surface area contributed by atoms with Gasteiger partial charge in [0.25, 0.3) is 11.7 Å². The minimum absolute atomic E-state index is 0.0131. The van der Waals surface area contributed by atoms with Gasteiger partial charge >= 0.3 is 0 Å². The van der Waals surface area contributed by atoms with E-state index in [2.05, 4.69) is 9.97 Å². The molecule has 0 aliphatic heterocycles. The van der Waals surface area contributed by atoms with Crippen molar-refractivity contribution in [3.63, 3.8) is 0 Å². The summed E-state index contributed by atoms with van der Waals surface area (Å²) in [5.74, 6) is 0. The van der Waals surface area contributed by atoms with Gasteiger partial charge in [-0.25, -0.2) is 0 Å². The summed E-state index contributed by atoms with van der Waals surface area (Å²) in [6.45, 7) is 2.51. The molecule has 0 bridgehead atoms. The van der Waals surface area contributed by atoms with Crippen molar-refractivity contribution in [2.24, 2.45) is 0 Å². The molecule has 9 heteroatoms. The van der Waals surface area contributed by atoms with Gasteiger partial charge in [0.2, 0.25) is 0 Å². The van der Waals surface area contributed by atoms with Crippen molar-refractivity contribution < 1.29 is 9.66 Å². The van der Waals surface area contributed by atoms with Crippen molar-refractivity contribution in [3.05, 3.63) is 56.6 Å². The third-order valence-corrected chi connectivity index (χ3v) is 3.58. The third-order valence-electron chi connectivity index (χ3n) is 2.95. The number of para-hydroxylation sites is 2. The number of rotatable bonds is 3. The zero-order valence-electron chi connectivity index (χ0n) is 12.6. The SMILES string of the molecule is CCOc1nc2c(Cl)cccc2[nH]1.Nc1c(Cl)cccc1[N+](=O)[O-]. The fourth-order valence-electron chi connectivity index (χ4n) is 1.86. The van der Waals surface area contributed by atoms with Crippen molar-refractivity contribution in [2.45, 2.75) is 6.92 Å². The second-order valence-corrected chi connectivity index (χ2v) is 5.36. The standard InChI is InChI=1S/C9H9ClN2O.C6H5ClN2O2/c1-2-13-9-11-7-5-3-4-6(10)8(7)12-9;7-4-2-1-3-5(6(4)8)9(10)11/h3-5H,2H2,1H3,(H,11,12);1-3H,8H2. The summed E-state index contributed by atoms with van der Waals surface area (Å²) in [5.41, 5.74) is 6.82. The van der Waals surface area contributed by atoms with Crippen LogP contribution in [0.1, 0.15) is 6.92 Å². The molecule has 1 heterocycles. The number of H-pyrrole nitrogens is 1. The summed E-state index contributed by atoms with van der Waals surface area (Å²) < 4.78 is 5.22. The first-order valence-electron chi connectivity index (χ1n) is 6.89. The molecule has 0 saturated carbocycles. The number of fused-ring (bicyclic) bond motifs is 1. The van der Waals surface area contributed by atoms with Gasteiger partial charge in [-0.05, 0) is 25.1 Å². The van der Waals surface area contributed by atoms with Crippen molar-refractivity contribution in [2.75, 3.05) is 12.3 Å². The summed E-state index contributed by atoms with van der Waals surface area (Å²) in [6.07, 6.45) is 0. The van der Waals surface area contributed by atoms with Crippen LogP contribution in [0.3, 0.4) is 0 Å². The number of nitrogens with zero attached hydrogens (tertiary/aromatic N) is 2. The molecular formula is C15H14Cl2N4O3. The molecule has 1 aromatic heterocycles. The zero-order valence-corrected chi connectivity index (χ0v) is 14.1. The van der Waals surface area contributed by atoms with E-state index in [4.69, 9.17) is 33.7 Å². The smallest absolute Gasteiger partial charge is 0.294 e. The van der Waals surface area contributed by atoms with E-state index in [1.54, 1.807) is 6.07 Å². The Hall–Kier alpha value is -2.51. The average Bonchev–Trinajstić information content (AvgIpc) is 2.95. The minimum atomic E-state index is -0.568. The van der Waals surface area contributed by atoms with Gasteiger partial charge in [0.1, 0.15) is 11.2 Å². The molecule has 0 amide bonds. The number of nitrogens with one attached hydrogen (secondary N) is 1. The number of nitrogen functional groups attached to an aromatic ring is 1. The van der Waals surface area contributed by atoms with Crippen LogP contribution >= 0.6 is 23.2 Å². The van der Waals surface area contributed by atoms with Crippen LogP contribution < -0.4 is 10.5 Å². The second-order valence-electron chi connectivity index (χ2n) is 4.54. The Morgan fingerprint density at radius 3 is 2.50 bits per heavy atom. The Kier molecular flexibility index (Phi) is 5.83. The predicted molar refractivity (Wildman–Crippen MR) is 94.8 cm³/mol. The lowest BCUT2D eigenvalue weighted by atomic mass is 10.3. The number of benzene rings is 2. The number of aromatic nitrogens is 2. The van der Waals surface area contributed by atoms with E-state index in [1.807, 2.05) is 19.1 Å². The lowest BCUT2D eigenvalue weighted by molar-refractivity contribution is -0.383. The van der Waals surface area contributed by atoms with Crippen molar-refractivity contribution in [3.8, 4) is 6.01 Å². The Labute approximate surface area is 147 Å². The molecule has 3 N–H and O–H groups in total. The van der Waals surface area contributed by atoms with Gasteiger partial charge in [0.05, 0.1) is 27.1 Å². The van der Waals surface area contributed by atoms with Crippen LogP contribution in [0, 0.1) is 10.1 Å². The van der Waals surface area contributed by atoms with Crippen LogP contribution in [0.4, 0.5) is 11.4 Å². The van der Waals surface area contributed by atoms with E-state index in [0.29, 0.717) is 17.6 Å². The van der Waals surface area contributed by atoms with Crippen molar-refractivity contribution in [1.82, 2.24) is 9.97 Å². The lowest BCUT2D eigenvalue weighted by Crippen LogP contribution is -1.95. The maximum absolute atomic E-state index is 10.2. The minimum Gasteiger partial charge on any atom is -0.465 e. The average molecular weight is 369 g/mol. The molecule has 0 radical (unpaired) electrons. The number of halogens is 2. The highest BCUT2D eigenvalue weighted by molar-refractivity contribution is 6.35. The molecular weight excluding hydrogens is 355 g/mol. The van der Waals surface area contributed by atoms with E-state index in [0.717, 1.165) is 11.0 Å². The molecule has 7 nitrogen and oxygen atoms in total. The van der Waals surface area contributed by atoms with E-state index >= 15 is 0 Å². The molecule has 0 atom stereocenters. The fraction of sp³-hybridized carbons (Fsp3) is 0.133. The summed E-state index contributed by atoms with van der Waals surface area (Å²) in [5, 5.41) is 11.1. The predicted octanol–water partition coefficient (Wildman–Crippen LogP) is 4.45. The number of nitro groups is 1. The van der Waals surface area contributed by atoms with E-state index in [-0.39, 0.29) is 16.4 Å². The normalized spacial score (nSPS) is 10.1. The number of ether oxygens (including phenoxy) is 1. The quantitative estimate of drug-likeness (QED) is 0.403. The molecule has 24 heavy (non-hydrogen) atoms. The number of anilines is 1. The molecule has 0 aliphatic rings. The number of hydrogen-bond donors (Lipinski definition) is 2. The molecule has 0 aliphatic carbocycles.